The largest absolute Gasteiger partial charge is 0.268 e. The van der Waals surface area contributed by atoms with Gasteiger partial charge in [0.2, 0.25) is 0 Å². The highest BCUT2D eigenvalue weighted by molar-refractivity contribution is 5.53. The molecule has 3 nitrogen and oxygen atoms in total. The molecule has 5 heteroatoms. The number of nitrogens with zero attached hydrogens (tertiary/aromatic N) is 1. The lowest BCUT2D eigenvalue weighted by Gasteiger charge is -2.25. The van der Waals surface area contributed by atoms with E-state index in [1.807, 2.05) is 0 Å². The number of hydrogen-bond donors (Lipinski definition) is 0. The van der Waals surface area contributed by atoms with E-state index in [-0.39, 0.29) is 11.3 Å². The first kappa shape index (κ1) is 14.8. The normalized spacial score (nSPS) is 24.9. The van der Waals surface area contributed by atoms with Crippen LogP contribution in [0.15, 0.2) is 66.9 Å². The smallest absolute Gasteiger partial charge is 0.258 e. The summed E-state index contributed by atoms with van der Waals surface area (Å²) in [7, 11) is 0. The maximum absolute atomic E-state index is 15.0. The summed E-state index contributed by atoms with van der Waals surface area (Å²) in [6, 6.07) is 5.90. The lowest BCUT2D eigenvalue weighted by atomic mass is 9.84. The van der Waals surface area contributed by atoms with Crippen molar-refractivity contribution in [2.24, 2.45) is 5.92 Å². The van der Waals surface area contributed by atoms with E-state index in [0.717, 1.165) is 12.2 Å². The molecule has 0 saturated carbocycles. The van der Waals surface area contributed by atoms with E-state index in [9.17, 15) is 18.9 Å². The molecule has 0 amide bonds. The Labute approximate surface area is 120 Å². The fourth-order valence-corrected chi connectivity index (χ4v) is 2.08. The molecule has 1 aromatic carbocycles. The average Bonchev–Trinajstić information content (AvgIpc) is 2.46. The first-order valence-electron chi connectivity index (χ1n) is 6.27. The van der Waals surface area contributed by atoms with E-state index >= 15 is 0 Å². The second-order valence-electron chi connectivity index (χ2n) is 4.63. The zero-order valence-corrected chi connectivity index (χ0v) is 11.1. The van der Waals surface area contributed by atoms with Gasteiger partial charge in [-0.15, -0.1) is 6.58 Å². The van der Waals surface area contributed by atoms with Crippen LogP contribution in [0.25, 0.3) is 6.08 Å². The molecular formula is C16H13F2NO2. The van der Waals surface area contributed by atoms with Crippen LogP contribution in [0.3, 0.4) is 0 Å². The molecule has 0 aromatic heterocycles. The van der Waals surface area contributed by atoms with Crippen LogP contribution >= 0.6 is 0 Å². The zero-order chi connectivity index (χ0) is 15.5. The minimum atomic E-state index is -2.11. The average molecular weight is 289 g/mol. The number of nitro groups is 1. The molecule has 1 aliphatic carbocycles. The third-order valence-electron chi connectivity index (χ3n) is 3.24. The quantitative estimate of drug-likeness (QED) is 0.476. The molecule has 0 aliphatic heterocycles. The topological polar surface area (TPSA) is 43.1 Å². The van der Waals surface area contributed by atoms with Crippen LogP contribution in [0.1, 0.15) is 5.56 Å². The van der Waals surface area contributed by atoms with Crippen LogP contribution in [-0.4, -0.2) is 10.6 Å². The van der Waals surface area contributed by atoms with Gasteiger partial charge in [0.05, 0.1) is 4.92 Å². The molecule has 21 heavy (non-hydrogen) atoms. The molecule has 0 bridgehead atoms. The maximum atomic E-state index is 15.0. The van der Waals surface area contributed by atoms with Crippen molar-refractivity contribution in [3.63, 3.8) is 0 Å². The van der Waals surface area contributed by atoms with Crippen LogP contribution in [0.2, 0.25) is 0 Å². The molecule has 1 aliphatic rings. The minimum Gasteiger partial charge on any atom is -0.258 e. The fourth-order valence-electron chi connectivity index (χ4n) is 2.08. The van der Waals surface area contributed by atoms with E-state index in [1.54, 1.807) is 6.07 Å². The van der Waals surface area contributed by atoms with Crippen molar-refractivity contribution in [2.45, 2.75) is 5.67 Å². The summed E-state index contributed by atoms with van der Waals surface area (Å²) in [6.07, 6.45) is 7.27. The fraction of sp³-hybridized carbons (Fsp3) is 0.125. The summed E-state index contributed by atoms with van der Waals surface area (Å²) in [5.41, 5.74) is -2.24. The summed E-state index contributed by atoms with van der Waals surface area (Å²) in [5, 5.41) is 10.8. The standard InChI is InChI=1S/C16H13F2NO2/c1-2-13-7-8-14(19(20)21)11-16(13,18)10-9-12-5-3-4-6-15(12)17/h2-11,13H,1H2/b10-9+. The molecule has 108 valence electrons. The van der Waals surface area contributed by atoms with Crippen LogP contribution in [0, 0.1) is 21.8 Å². The highest BCUT2D eigenvalue weighted by atomic mass is 19.1. The van der Waals surface area contributed by atoms with Crippen LogP contribution in [0.5, 0.6) is 0 Å². The van der Waals surface area contributed by atoms with Gasteiger partial charge in [-0.2, -0.15) is 0 Å². The zero-order valence-electron chi connectivity index (χ0n) is 11.1. The first-order chi connectivity index (χ1) is 9.96. The van der Waals surface area contributed by atoms with Gasteiger partial charge in [0.1, 0.15) is 5.82 Å². The van der Waals surface area contributed by atoms with Gasteiger partial charge in [0.15, 0.2) is 5.67 Å². The Morgan fingerprint density at radius 1 is 1.38 bits per heavy atom. The summed E-state index contributed by atoms with van der Waals surface area (Å²) in [4.78, 5) is 10.1. The Kier molecular flexibility index (Phi) is 4.12. The summed E-state index contributed by atoms with van der Waals surface area (Å²) in [5.74, 6) is -1.23. The molecule has 1 aromatic rings. The molecule has 0 radical (unpaired) electrons. The van der Waals surface area contributed by atoms with Gasteiger partial charge in [-0.05, 0) is 12.1 Å². The third kappa shape index (κ3) is 3.13. The molecule has 2 rings (SSSR count). The van der Waals surface area contributed by atoms with Gasteiger partial charge < -0.3 is 0 Å². The number of rotatable bonds is 4. The van der Waals surface area contributed by atoms with Crippen molar-refractivity contribution in [3.8, 4) is 0 Å². The van der Waals surface area contributed by atoms with Crippen LogP contribution in [-0.2, 0) is 0 Å². The lowest BCUT2D eigenvalue weighted by Crippen LogP contribution is -2.29. The monoisotopic (exact) mass is 289 g/mol. The van der Waals surface area contributed by atoms with Gasteiger partial charge in [0.25, 0.3) is 5.70 Å². The Hall–Kier alpha value is -2.56. The van der Waals surface area contributed by atoms with Crippen LogP contribution < -0.4 is 0 Å². The number of alkyl halides is 1. The van der Waals surface area contributed by atoms with Crippen molar-refractivity contribution >= 4 is 6.08 Å². The van der Waals surface area contributed by atoms with Crippen molar-refractivity contribution in [1.82, 2.24) is 0 Å². The van der Waals surface area contributed by atoms with Crippen molar-refractivity contribution < 1.29 is 13.7 Å². The van der Waals surface area contributed by atoms with E-state index in [0.29, 0.717) is 0 Å². The van der Waals surface area contributed by atoms with Gasteiger partial charge in [-0.3, -0.25) is 10.1 Å². The van der Waals surface area contributed by atoms with E-state index in [2.05, 4.69) is 6.58 Å². The van der Waals surface area contributed by atoms with Gasteiger partial charge in [-0.1, -0.05) is 36.4 Å². The molecule has 0 heterocycles. The highest BCUT2D eigenvalue weighted by Crippen LogP contribution is 2.34. The predicted octanol–water partition coefficient (Wildman–Crippen LogP) is 4.08. The summed E-state index contributed by atoms with van der Waals surface area (Å²) >= 11 is 0. The SMILES string of the molecule is C=CC1C=CC([N+](=O)[O-])=CC1(F)/C=C/c1ccccc1F. The van der Waals surface area contributed by atoms with Crippen LogP contribution in [0.4, 0.5) is 8.78 Å². The molecule has 0 N–H and O–H groups in total. The lowest BCUT2D eigenvalue weighted by molar-refractivity contribution is -0.420. The Balaban J connectivity index is 2.38. The van der Waals surface area contributed by atoms with Crippen molar-refractivity contribution in [2.75, 3.05) is 0 Å². The van der Waals surface area contributed by atoms with E-state index in [4.69, 9.17) is 0 Å². The maximum Gasteiger partial charge on any atom is 0.268 e. The van der Waals surface area contributed by atoms with E-state index in [1.165, 1.54) is 42.5 Å². The highest BCUT2D eigenvalue weighted by Gasteiger charge is 2.36. The summed E-state index contributed by atoms with van der Waals surface area (Å²) in [6.45, 7) is 3.52. The Morgan fingerprint density at radius 2 is 2.10 bits per heavy atom. The van der Waals surface area contributed by atoms with Gasteiger partial charge in [-0.25, -0.2) is 8.78 Å². The molecular weight excluding hydrogens is 276 g/mol. The molecule has 2 unspecified atom stereocenters. The number of halogens is 2. The number of benzene rings is 1. The van der Waals surface area contributed by atoms with E-state index < -0.39 is 22.3 Å². The first-order valence-corrected chi connectivity index (χ1v) is 6.27. The number of hydrogen-bond acceptors (Lipinski definition) is 2. The Morgan fingerprint density at radius 3 is 2.71 bits per heavy atom. The summed E-state index contributed by atoms with van der Waals surface area (Å²) < 4.78 is 28.5. The Bertz CT molecular complexity index is 664. The molecule has 0 fully saturated rings. The number of allylic oxidation sites excluding steroid dienone is 5. The van der Waals surface area contributed by atoms with Gasteiger partial charge in [0, 0.05) is 23.6 Å². The second-order valence-corrected chi connectivity index (χ2v) is 4.63. The van der Waals surface area contributed by atoms with Crippen molar-refractivity contribution in [1.29, 1.82) is 0 Å². The molecule has 2 atom stereocenters. The van der Waals surface area contributed by atoms with Crippen molar-refractivity contribution in [3.05, 3.63) is 88.4 Å². The third-order valence-corrected chi connectivity index (χ3v) is 3.24. The predicted molar refractivity (Wildman–Crippen MR) is 77.2 cm³/mol. The minimum absolute atomic E-state index is 0.211. The molecule has 0 saturated heterocycles. The van der Waals surface area contributed by atoms with Gasteiger partial charge >= 0.3 is 0 Å². The molecule has 0 spiro atoms. The second kappa shape index (κ2) is 5.83.